The Balaban J connectivity index is 2.46. The van der Waals surface area contributed by atoms with Crippen LogP contribution in [0, 0.1) is 5.82 Å². The fourth-order valence-corrected chi connectivity index (χ4v) is 1.85. The van der Waals surface area contributed by atoms with Gasteiger partial charge in [-0.25, -0.2) is 4.39 Å². The molecule has 2 aromatic rings. The van der Waals surface area contributed by atoms with Gasteiger partial charge in [-0.1, -0.05) is 48.0 Å². The van der Waals surface area contributed by atoms with Crippen molar-refractivity contribution >= 4 is 17.9 Å². The average molecular weight is 248 g/mol. The van der Waals surface area contributed by atoms with E-state index in [1.54, 1.807) is 30.3 Å². The van der Waals surface area contributed by atoms with Crippen molar-refractivity contribution in [3.63, 3.8) is 0 Å². The Hall–Kier alpha value is -1.67. The molecule has 1 nitrogen and oxygen atoms in total. The van der Waals surface area contributed by atoms with Crippen molar-refractivity contribution < 1.29 is 9.18 Å². The van der Waals surface area contributed by atoms with Crippen molar-refractivity contribution in [2.24, 2.45) is 0 Å². The zero-order chi connectivity index (χ0) is 12.3. The van der Waals surface area contributed by atoms with E-state index >= 15 is 0 Å². The van der Waals surface area contributed by atoms with Crippen molar-refractivity contribution in [3.05, 3.63) is 70.5 Å². The van der Waals surface area contributed by atoms with E-state index in [0.717, 1.165) is 0 Å². The first-order chi connectivity index (χ1) is 8.22. The highest BCUT2D eigenvalue weighted by molar-refractivity contribution is 6.30. The number of hydrogen-bond acceptors (Lipinski definition) is 1. The van der Waals surface area contributed by atoms with Crippen LogP contribution in [0.15, 0.2) is 48.5 Å². The summed E-state index contributed by atoms with van der Waals surface area (Å²) >= 11 is 5.67. The van der Waals surface area contributed by atoms with Gasteiger partial charge in [-0.05, 0) is 17.7 Å². The van der Waals surface area contributed by atoms with E-state index in [1.165, 1.54) is 12.1 Å². The normalized spacial score (nSPS) is 12.1. The van der Waals surface area contributed by atoms with Crippen LogP contribution >= 0.6 is 11.6 Å². The minimum absolute atomic E-state index is 0.288. The van der Waals surface area contributed by atoms with Crippen LogP contribution in [0.3, 0.4) is 0 Å². The number of halogens is 2. The zero-order valence-corrected chi connectivity index (χ0v) is 9.62. The topological polar surface area (TPSA) is 17.1 Å². The second kappa shape index (κ2) is 5.11. The predicted octanol–water partition coefficient (Wildman–Crippen LogP) is 3.72. The van der Waals surface area contributed by atoms with E-state index in [-0.39, 0.29) is 5.56 Å². The van der Waals surface area contributed by atoms with E-state index in [4.69, 9.17) is 11.6 Å². The monoisotopic (exact) mass is 247 g/mol. The predicted molar refractivity (Wildman–Crippen MR) is 65.4 cm³/mol. The first kappa shape index (κ1) is 11.8. The molecular formula is C14H9ClFO. The number of carbonyl (C=O) groups excluding carboxylic acids is 1. The summed E-state index contributed by atoms with van der Waals surface area (Å²) in [5, 5.41) is 0.309. The highest BCUT2D eigenvalue weighted by atomic mass is 35.5. The summed E-state index contributed by atoms with van der Waals surface area (Å²) in [6.45, 7) is 0. The SMILES string of the molecule is O=[C]C(c1ccccc1)c1ccc(Cl)cc1F. The van der Waals surface area contributed by atoms with Crippen LogP contribution < -0.4 is 0 Å². The second-order valence-electron chi connectivity index (χ2n) is 3.63. The molecule has 0 amide bonds. The van der Waals surface area contributed by atoms with Crippen molar-refractivity contribution in [2.45, 2.75) is 5.92 Å². The van der Waals surface area contributed by atoms with E-state index in [2.05, 4.69) is 0 Å². The Bertz CT molecular complexity index is 525. The summed E-state index contributed by atoms with van der Waals surface area (Å²) in [5.41, 5.74) is 0.999. The van der Waals surface area contributed by atoms with Gasteiger partial charge < -0.3 is 0 Å². The molecule has 0 aromatic heterocycles. The van der Waals surface area contributed by atoms with Gasteiger partial charge in [0.2, 0.25) is 6.29 Å². The zero-order valence-electron chi connectivity index (χ0n) is 8.86. The molecule has 2 rings (SSSR count). The van der Waals surface area contributed by atoms with Gasteiger partial charge in [-0.2, -0.15) is 0 Å². The third-order valence-electron chi connectivity index (χ3n) is 2.52. The number of benzene rings is 2. The smallest absolute Gasteiger partial charge is 0.211 e. The maximum atomic E-state index is 13.7. The average Bonchev–Trinajstić information content (AvgIpc) is 2.34. The molecule has 85 valence electrons. The molecule has 1 atom stereocenters. The van der Waals surface area contributed by atoms with Gasteiger partial charge in [-0.15, -0.1) is 0 Å². The Morgan fingerprint density at radius 3 is 2.41 bits per heavy atom. The molecule has 0 aliphatic rings. The van der Waals surface area contributed by atoms with Crippen molar-refractivity contribution in [2.75, 3.05) is 0 Å². The van der Waals surface area contributed by atoms with Crippen molar-refractivity contribution in [3.8, 4) is 0 Å². The van der Waals surface area contributed by atoms with Gasteiger partial charge in [-0.3, -0.25) is 4.79 Å². The lowest BCUT2D eigenvalue weighted by Crippen LogP contribution is -2.04. The largest absolute Gasteiger partial charge is 0.290 e. The molecule has 2 aromatic carbocycles. The van der Waals surface area contributed by atoms with Gasteiger partial charge in [0, 0.05) is 10.6 Å². The molecular weight excluding hydrogens is 239 g/mol. The number of hydrogen-bond donors (Lipinski definition) is 0. The molecule has 0 fully saturated rings. The van der Waals surface area contributed by atoms with Crippen LogP contribution in [0.25, 0.3) is 0 Å². The Kier molecular flexibility index (Phi) is 3.55. The van der Waals surface area contributed by atoms with Crippen LogP contribution in [0.1, 0.15) is 17.0 Å². The molecule has 0 heterocycles. The molecule has 0 bridgehead atoms. The molecule has 17 heavy (non-hydrogen) atoms. The van der Waals surface area contributed by atoms with Crippen molar-refractivity contribution in [1.29, 1.82) is 0 Å². The lowest BCUT2D eigenvalue weighted by atomic mass is 9.92. The van der Waals surface area contributed by atoms with Gasteiger partial charge in [0.15, 0.2) is 0 Å². The summed E-state index contributed by atoms with van der Waals surface area (Å²) in [6, 6.07) is 13.2. The van der Waals surface area contributed by atoms with E-state index < -0.39 is 11.7 Å². The summed E-state index contributed by atoms with van der Waals surface area (Å²) in [7, 11) is 0. The minimum atomic E-state index is -0.714. The van der Waals surface area contributed by atoms with Crippen LogP contribution in [0.2, 0.25) is 5.02 Å². The number of rotatable bonds is 3. The molecule has 0 saturated carbocycles. The van der Waals surface area contributed by atoms with Gasteiger partial charge in [0.1, 0.15) is 5.82 Å². The molecule has 0 saturated heterocycles. The molecule has 1 radical (unpaired) electrons. The van der Waals surface area contributed by atoms with Gasteiger partial charge in [0.05, 0.1) is 5.92 Å². The van der Waals surface area contributed by atoms with Gasteiger partial charge >= 0.3 is 0 Å². The van der Waals surface area contributed by atoms with E-state index in [0.29, 0.717) is 10.6 Å². The maximum Gasteiger partial charge on any atom is 0.211 e. The Labute approximate surface area is 104 Å². The fraction of sp³-hybridized carbons (Fsp3) is 0.0714. The first-order valence-electron chi connectivity index (χ1n) is 5.10. The quantitative estimate of drug-likeness (QED) is 0.808. The van der Waals surface area contributed by atoms with Crippen LogP contribution in [0.4, 0.5) is 4.39 Å². The summed E-state index contributed by atoms with van der Waals surface area (Å²) in [4.78, 5) is 11.0. The minimum Gasteiger partial charge on any atom is -0.290 e. The lowest BCUT2D eigenvalue weighted by molar-refractivity contribution is 0.544. The van der Waals surface area contributed by atoms with Crippen LogP contribution in [0.5, 0.6) is 0 Å². The summed E-state index contributed by atoms with van der Waals surface area (Å²) in [6.07, 6.45) is 1.86. The molecule has 0 aliphatic heterocycles. The molecule has 0 N–H and O–H groups in total. The third kappa shape index (κ3) is 2.53. The van der Waals surface area contributed by atoms with Crippen LogP contribution in [-0.4, -0.2) is 6.29 Å². The van der Waals surface area contributed by atoms with Crippen LogP contribution in [-0.2, 0) is 4.79 Å². The fourth-order valence-electron chi connectivity index (χ4n) is 1.69. The van der Waals surface area contributed by atoms with E-state index in [9.17, 15) is 9.18 Å². The summed E-state index contributed by atoms with van der Waals surface area (Å²) in [5.74, 6) is -1.21. The maximum absolute atomic E-state index is 13.7. The molecule has 0 aliphatic carbocycles. The van der Waals surface area contributed by atoms with Gasteiger partial charge in [0.25, 0.3) is 0 Å². The third-order valence-corrected chi connectivity index (χ3v) is 2.76. The molecule has 1 unspecified atom stereocenters. The Morgan fingerprint density at radius 1 is 1.12 bits per heavy atom. The molecule has 3 heteroatoms. The molecule has 0 spiro atoms. The summed E-state index contributed by atoms with van der Waals surface area (Å²) < 4.78 is 13.7. The highest BCUT2D eigenvalue weighted by Gasteiger charge is 2.17. The van der Waals surface area contributed by atoms with E-state index in [1.807, 2.05) is 12.4 Å². The second-order valence-corrected chi connectivity index (χ2v) is 4.06. The standard InChI is InChI=1S/C14H9ClFO/c15-11-6-7-12(14(16)8-11)13(9-17)10-4-2-1-3-5-10/h1-8,13H. The highest BCUT2D eigenvalue weighted by Crippen LogP contribution is 2.26. The Morgan fingerprint density at radius 2 is 1.82 bits per heavy atom. The lowest BCUT2D eigenvalue weighted by Gasteiger charge is -2.11. The van der Waals surface area contributed by atoms with Crippen molar-refractivity contribution in [1.82, 2.24) is 0 Å². The first-order valence-corrected chi connectivity index (χ1v) is 5.47.